The van der Waals surface area contributed by atoms with Crippen LogP contribution in [-0.2, 0) is 14.3 Å². The average Bonchev–Trinajstić information content (AvgIpc) is 2.68. The standard InChI is InChI=1S/C16H21N3O3/c1-11-7-13(19-9-12(17)8-15(19)20)3-4-14(11)18-5-2-6-22-10-16(18)21/h3-4,7,12H,2,5-6,8-10,17H2,1H3. The number of carbonyl (C=O) groups excluding carboxylic acids is 2. The number of nitrogens with two attached hydrogens (primary N) is 1. The molecule has 2 heterocycles. The van der Waals surface area contributed by atoms with Crippen LogP contribution < -0.4 is 15.5 Å². The second-order valence-corrected chi connectivity index (χ2v) is 5.89. The lowest BCUT2D eigenvalue weighted by Crippen LogP contribution is -2.33. The van der Waals surface area contributed by atoms with Crippen LogP contribution >= 0.6 is 0 Å². The van der Waals surface area contributed by atoms with Gasteiger partial charge in [-0.05, 0) is 37.1 Å². The lowest BCUT2D eigenvalue weighted by molar-refractivity contribution is -0.122. The Bertz CT molecular complexity index is 602. The van der Waals surface area contributed by atoms with E-state index in [0.717, 1.165) is 23.4 Å². The summed E-state index contributed by atoms with van der Waals surface area (Å²) in [5.41, 5.74) is 8.55. The third kappa shape index (κ3) is 2.84. The molecule has 2 aliphatic rings. The van der Waals surface area contributed by atoms with Gasteiger partial charge in [-0.2, -0.15) is 0 Å². The van der Waals surface area contributed by atoms with Gasteiger partial charge in [0, 0.05) is 43.5 Å². The molecule has 1 atom stereocenters. The van der Waals surface area contributed by atoms with Crippen LogP contribution in [0.3, 0.4) is 0 Å². The topological polar surface area (TPSA) is 75.9 Å². The van der Waals surface area contributed by atoms with Crippen LogP contribution in [0.1, 0.15) is 18.4 Å². The quantitative estimate of drug-likeness (QED) is 0.877. The van der Waals surface area contributed by atoms with Gasteiger partial charge in [-0.15, -0.1) is 0 Å². The molecule has 2 fully saturated rings. The predicted octanol–water partition coefficient (Wildman–Crippen LogP) is 0.812. The number of ether oxygens (including phenoxy) is 1. The van der Waals surface area contributed by atoms with Crippen molar-refractivity contribution in [2.75, 3.05) is 36.1 Å². The van der Waals surface area contributed by atoms with Crippen LogP contribution in [0, 0.1) is 6.92 Å². The van der Waals surface area contributed by atoms with Crippen LogP contribution in [0.25, 0.3) is 0 Å². The number of nitrogens with zero attached hydrogens (tertiary/aromatic N) is 2. The van der Waals surface area contributed by atoms with Crippen molar-refractivity contribution in [3.05, 3.63) is 23.8 Å². The Morgan fingerprint density at radius 2 is 2.05 bits per heavy atom. The van der Waals surface area contributed by atoms with E-state index in [2.05, 4.69) is 0 Å². The smallest absolute Gasteiger partial charge is 0.252 e. The zero-order valence-corrected chi connectivity index (χ0v) is 12.7. The maximum atomic E-state index is 12.1. The minimum absolute atomic E-state index is 0.0207. The van der Waals surface area contributed by atoms with Crippen molar-refractivity contribution < 1.29 is 14.3 Å². The molecule has 2 saturated heterocycles. The Labute approximate surface area is 129 Å². The maximum Gasteiger partial charge on any atom is 0.252 e. The fourth-order valence-corrected chi connectivity index (χ4v) is 3.04. The highest BCUT2D eigenvalue weighted by molar-refractivity contribution is 5.98. The van der Waals surface area contributed by atoms with Crippen molar-refractivity contribution >= 4 is 23.2 Å². The van der Waals surface area contributed by atoms with Gasteiger partial charge in [0.1, 0.15) is 6.61 Å². The summed E-state index contributed by atoms with van der Waals surface area (Å²) < 4.78 is 5.27. The van der Waals surface area contributed by atoms with Crippen molar-refractivity contribution in [3.8, 4) is 0 Å². The van der Waals surface area contributed by atoms with Gasteiger partial charge in [-0.1, -0.05) is 0 Å². The number of rotatable bonds is 2. The molecule has 0 saturated carbocycles. The van der Waals surface area contributed by atoms with Gasteiger partial charge in [0.25, 0.3) is 5.91 Å². The minimum atomic E-state index is -0.100. The molecule has 22 heavy (non-hydrogen) atoms. The van der Waals surface area contributed by atoms with Crippen molar-refractivity contribution in [2.24, 2.45) is 5.73 Å². The number of hydrogen-bond donors (Lipinski definition) is 1. The first-order valence-electron chi connectivity index (χ1n) is 7.61. The summed E-state index contributed by atoms with van der Waals surface area (Å²) in [6.07, 6.45) is 1.22. The first kappa shape index (κ1) is 15.0. The van der Waals surface area contributed by atoms with Crippen LogP contribution in [0.5, 0.6) is 0 Å². The Morgan fingerprint density at radius 3 is 2.73 bits per heavy atom. The van der Waals surface area contributed by atoms with Crippen molar-refractivity contribution in [1.82, 2.24) is 0 Å². The van der Waals surface area contributed by atoms with E-state index >= 15 is 0 Å². The number of aryl methyl sites for hydroxylation is 1. The largest absolute Gasteiger partial charge is 0.372 e. The first-order chi connectivity index (χ1) is 10.6. The summed E-state index contributed by atoms with van der Waals surface area (Å²) in [5, 5.41) is 0. The number of benzene rings is 1. The van der Waals surface area contributed by atoms with E-state index in [1.54, 1.807) is 9.80 Å². The van der Waals surface area contributed by atoms with E-state index < -0.39 is 0 Å². The predicted molar refractivity (Wildman–Crippen MR) is 83.9 cm³/mol. The molecule has 0 spiro atoms. The first-order valence-corrected chi connectivity index (χ1v) is 7.61. The molecular weight excluding hydrogens is 282 g/mol. The number of amides is 2. The summed E-state index contributed by atoms with van der Waals surface area (Å²) in [5.74, 6) is 0.0338. The third-order valence-electron chi connectivity index (χ3n) is 4.13. The van der Waals surface area contributed by atoms with Crippen molar-refractivity contribution in [2.45, 2.75) is 25.8 Å². The molecular formula is C16H21N3O3. The summed E-state index contributed by atoms with van der Waals surface area (Å²) >= 11 is 0. The number of carbonyl (C=O) groups is 2. The van der Waals surface area contributed by atoms with E-state index in [1.165, 1.54) is 0 Å². The molecule has 0 radical (unpaired) electrons. The fourth-order valence-electron chi connectivity index (χ4n) is 3.04. The van der Waals surface area contributed by atoms with E-state index in [-0.39, 0.29) is 24.5 Å². The number of anilines is 2. The lowest BCUT2D eigenvalue weighted by atomic mass is 10.1. The lowest BCUT2D eigenvalue weighted by Gasteiger charge is -2.24. The Balaban J connectivity index is 1.86. The van der Waals surface area contributed by atoms with Gasteiger partial charge in [0.05, 0.1) is 0 Å². The van der Waals surface area contributed by atoms with Gasteiger partial charge < -0.3 is 20.3 Å². The summed E-state index contributed by atoms with van der Waals surface area (Å²) in [4.78, 5) is 27.6. The van der Waals surface area contributed by atoms with E-state index in [0.29, 0.717) is 26.1 Å². The molecule has 118 valence electrons. The molecule has 0 aromatic heterocycles. The van der Waals surface area contributed by atoms with Gasteiger partial charge in [-0.3, -0.25) is 9.59 Å². The molecule has 1 unspecified atom stereocenters. The maximum absolute atomic E-state index is 12.1. The highest BCUT2D eigenvalue weighted by Gasteiger charge is 2.28. The van der Waals surface area contributed by atoms with E-state index in [9.17, 15) is 9.59 Å². The molecule has 2 N–H and O–H groups in total. The molecule has 0 bridgehead atoms. The molecule has 2 amide bonds. The molecule has 1 aromatic rings. The Morgan fingerprint density at radius 1 is 1.23 bits per heavy atom. The third-order valence-corrected chi connectivity index (χ3v) is 4.13. The average molecular weight is 303 g/mol. The van der Waals surface area contributed by atoms with Crippen LogP contribution in [-0.4, -0.2) is 44.2 Å². The summed E-state index contributed by atoms with van der Waals surface area (Å²) in [6, 6.07) is 5.64. The zero-order chi connectivity index (χ0) is 15.7. The van der Waals surface area contributed by atoms with E-state index in [1.807, 2.05) is 25.1 Å². The van der Waals surface area contributed by atoms with Gasteiger partial charge >= 0.3 is 0 Å². The van der Waals surface area contributed by atoms with Crippen molar-refractivity contribution in [1.29, 1.82) is 0 Å². The molecule has 3 rings (SSSR count). The second-order valence-electron chi connectivity index (χ2n) is 5.89. The molecule has 6 nitrogen and oxygen atoms in total. The SMILES string of the molecule is Cc1cc(N2CC(N)CC2=O)ccc1N1CCCOCC1=O. The van der Waals surface area contributed by atoms with Gasteiger partial charge in [-0.25, -0.2) is 0 Å². The second kappa shape index (κ2) is 6.06. The number of hydrogen-bond acceptors (Lipinski definition) is 4. The minimum Gasteiger partial charge on any atom is -0.372 e. The summed E-state index contributed by atoms with van der Waals surface area (Å²) in [6.45, 7) is 3.90. The van der Waals surface area contributed by atoms with Crippen LogP contribution in [0.15, 0.2) is 18.2 Å². The molecule has 2 aliphatic heterocycles. The van der Waals surface area contributed by atoms with Gasteiger partial charge in [0.15, 0.2) is 0 Å². The Kier molecular flexibility index (Phi) is 4.13. The monoisotopic (exact) mass is 303 g/mol. The normalized spacial score (nSPS) is 23.1. The Hall–Kier alpha value is -1.92. The summed E-state index contributed by atoms with van der Waals surface area (Å²) in [7, 11) is 0. The zero-order valence-electron chi connectivity index (χ0n) is 12.7. The van der Waals surface area contributed by atoms with Crippen molar-refractivity contribution in [3.63, 3.8) is 0 Å². The van der Waals surface area contributed by atoms with Crippen LogP contribution in [0.2, 0.25) is 0 Å². The fraction of sp³-hybridized carbons (Fsp3) is 0.500. The highest BCUT2D eigenvalue weighted by atomic mass is 16.5. The van der Waals surface area contributed by atoms with Crippen LogP contribution in [0.4, 0.5) is 11.4 Å². The molecule has 6 heteroatoms. The van der Waals surface area contributed by atoms with Gasteiger partial charge in [0.2, 0.25) is 5.91 Å². The van der Waals surface area contributed by atoms with E-state index in [4.69, 9.17) is 10.5 Å². The highest BCUT2D eigenvalue weighted by Crippen LogP contribution is 2.28. The molecule has 0 aliphatic carbocycles. The molecule has 1 aromatic carbocycles.